The van der Waals surface area contributed by atoms with Crippen LogP contribution in [0, 0.1) is 11.2 Å². The molecule has 0 saturated carbocycles. The highest BCUT2D eigenvalue weighted by atomic mass is 19.1. The van der Waals surface area contributed by atoms with Crippen molar-refractivity contribution in [2.24, 2.45) is 5.41 Å². The zero-order chi connectivity index (χ0) is 26.3. The fourth-order valence-corrected chi connectivity index (χ4v) is 4.98. The molecule has 188 valence electrons. The van der Waals surface area contributed by atoms with E-state index >= 15 is 0 Å². The average Bonchev–Trinajstić information content (AvgIpc) is 3.23. The first-order valence-electron chi connectivity index (χ1n) is 12.2. The zero-order valence-corrected chi connectivity index (χ0v) is 21.2. The van der Waals surface area contributed by atoms with Gasteiger partial charge in [-0.2, -0.15) is 5.10 Å². The molecular formula is C30H29FN4O2. The first kappa shape index (κ1) is 24.4. The summed E-state index contributed by atoms with van der Waals surface area (Å²) in [6, 6.07) is 20.9. The van der Waals surface area contributed by atoms with Crippen LogP contribution in [-0.4, -0.2) is 33.4 Å². The maximum Gasteiger partial charge on any atom is 0.253 e. The van der Waals surface area contributed by atoms with Crippen LogP contribution in [0.5, 0.6) is 0 Å². The molecule has 0 aliphatic heterocycles. The molecule has 1 aromatic heterocycles. The van der Waals surface area contributed by atoms with Gasteiger partial charge in [0.2, 0.25) is 0 Å². The summed E-state index contributed by atoms with van der Waals surface area (Å²) in [6.07, 6.45) is 1.13. The average molecular weight is 497 g/mol. The van der Waals surface area contributed by atoms with Crippen LogP contribution in [0.1, 0.15) is 52.2 Å². The monoisotopic (exact) mass is 496 g/mol. The molecule has 37 heavy (non-hydrogen) atoms. The van der Waals surface area contributed by atoms with Crippen molar-refractivity contribution in [3.8, 4) is 16.9 Å². The Balaban J connectivity index is 1.51. The molecule has 0 fully saturated rings. The fourth-order valence-electron chi connectivity index (χ4n) is 4.98. The topological polar surface area (TPSA) is 81.2 Å². The Bertz CT molecular complexity index is 1490. The molecule has 3 aromatic carbocycles. The highest BCUT2D eigenvalue weighted by Crippen LogP contribution is 2.40. The Morgan fingerprint density at radius 2 is 1.76 bits per heavy atom. The number of benzene rings is 3. The van der Waals surface area contributed by atoms with Crippen LogP contribution in [0.25, 0.3) is 16.9 Å². The van der Waals surface area contributed by atoms with Gasteiger partial charge in [0, 0.05) is 31.1 Å². The Hall–Kier alpha value is -4.26. The molecule has 2 N–H and O–H groups in total. The number of nitrogens with two attached hydrogens (primary N) is 1. The van der Waals surface area contributed by atoms with E-state index in [4.69, 9.17) is 10.8 Å². The van der Waals surface area contributed by atoms with Gasteiger partial charge in [0.1, 0.15) is 11.5 Å². The standard InChI is InChI=1S/C30H29FN4O2/c1-30(2)16-25-27(26(36)17-30)28(20-7-5-4-6-8-20)33-35(25)24-14-11-21(15-23(24)32)29(37)34(3)18-19-9-12-22(31)13-10-19/h4-15H,16-18,32H2,1-3H3. The molecule has 1 aliphatic carbocycles. The smallest absolute Gasteiger partial charge is 0.253 e. The van der Waals surface area contributed by atoms with Crippen molar-refractivity contribution >= 4 is 17.4 Å². The number of hydrogen-bond acceptors (Lipinski definition) is 4. The minimum Gasteiger partial charge on any atom is -0.397 e. The number of carbonyl (C=O) groups is 2. The van der Waals surface area contributed by atoms with E-state index in [1.165, 1.54) is 12.1 Å². The van der Waals surface area contributed by atoms with Crippen LogP contribution >= 0.6 is 0 Å². The lowest BCUT2D eigenvalue weighted by molar-refractivity contribution is 0.0784. The predicted octanol–water partition coefficient (Wildman–Crippen LogP) is 5.69. The van der Waals surface area contributed by atoms with E-state index in [9.17, 15) is 14.0 Å². The minimum absolute atomic E-state index is 0.0733. The van der Waals surface area contributed by atoms with Crippen molar-refractivity contribution < 1.29 is 14.0 Å². The molecule has 0 spiro atoms. The lowest BCUT2D eigenvalue weighted by Crippen LogP contribution is -2.28. The van der Waals surface area contributed by atoms with Crippen LogP contribution in [0.4, 0.5) is 10.1 Å². The summed E-state index contributed by atoms with van der Waals surface area (Å²) >= 11 is 0. The number of anilines is 1. The van der Waals surface area contributed by atoms with Gasteiger partial charge in [-0.05, 0) is 47.7 Å². The summed E-state index contributed by atoms with van der Waals surface area (Å²) in [5.74, 6) is -0.446. The molecule has 1 heterocycles. The number of ketones is 1. The van der Waals surface area contributed by atoms with Crippen molar-refractivity contribution in [2.45, 2.75) is 33.2 Å². The van der Waals surface area contributed by atoms with Gasteiger partial charge in [0.25, 0.3) is 5.91 Å². The van der Waals surface area contributed by atoms with Gasteiger partial charge in [0.05, 0.1) is 22.6 Å². The highest BCUT2D eigenvalue weighted by Gasteiger charge is 2.37. The van der Waals surface area contributed by atoms with Gasteiger partial charge in [-0.1, -0.05) is 56.3 Å². The summed E-state index contributed by atoms with van der Waals surface area (Å²) in [6.45, 7) is 4.50. The zero-order valence-electron chi connectivity index (χ0n) is 21.2. The summed E-state index contributed by atoms with van der Waals surface area (Å²) in [7, 11) is 1.69. The summed E-state index contributed by atoms with van der Waals surface area (Å²) in [5.41, 5.74) is 11.6. The number of carbonyl (C=O) groups excluding carboxylic acids is 2. The number of halogens is 1. The van der Waals surface area contributed by atoms with E-state index in [2.05, 4.69) is 13.8 Å². The number of rotatable bonds is 5. The maximum atomic E-state index is 13.3. The van der Waals surface area contributed by atoms with E-state index in [1.54, 1.807) is 47.0 Å². The maximum absolute atomic E-state index is 13.3. The number of Topliss-reactive ketones (excluding diaryl/α,β-unsaturated/α-hetero) is 1. The van der Waals surface area contributed by atoms with Gasteiger partial charge < -0.3 is 10.6 Å². The number of fused-ring (bicyclic) bond motifs is 1. The quantitative estimate of drug-likeness (QED) is 0.360. The first-order valence-corrected chi connectivity index (χ1v) is 12.2. The van der Waals surface area contributed by atoms with Crippen molar-refractivity contribution in [1.82, 2.24) is 14.7 Å². The molecule has 6 nitrogen and oxygen atoms in total. The van der Waals surface area contributed by atoms with Gasteiger partial charge in [-0.15, -0.1) is 0 Å². The second-order valence-corrected chi connectivity index (χ2v) is 10.5. The molecule has 4 aromatic rings. The SMILES string of the molecule is CN(Cc1ccc(F)cc1)C(=O)c1ccc(-n2nc(-c3ccccc3)c3c2CC(C)(C)CC3=O)c(N)c1. The highest BCUT2D eigenvalue weighted by molar-refractivity contribution is 6.04. The van der Waals surface area contributed by atoms with Crippen LogP contribution in [0.3, 0.4) is 0 Å². The number of nitrogens with zero attached hydrogens (tertiary/aromatic N) is 3. The van der Waals surface area contributed by atoms with Gasteiger partial charge in [-0.25, -0.2) is 9.07 Å². The number of amides is 1. The van der Waals surface area contributed by atoms with Crippen molar-refractivity contribution in [2.75, 3.05) is 12.8 Å². The number of nitrogen functional groups attached to an aromatic ring is 1. The van der Waals surface area contributed by atoms with Crippen LogP contribution < -0.4 is 5.73 Å². The minimum atomic E-state index is -0.317. The fraction of sp³-hybridized carbons (Fsp3) is 0.233. The third-order valence-electron chi connectivity index (χ3n) is 6.77. The van der Waals surface area contributed by atoms with Crippen molar-refractivity contribution in [3.63, 3.8) is 0 Å². The third kappa shape index (κ3) is 4.77. The molecule has 0 unspecified atom stereocenters. The first-order chi connectivity index (χ1) is 17.6. The third-order valence-corrected chi connectivity index (χ3v) is 6.77. The second-order valence-electron chi connectivity index (χ2n) is 10.5. The number of aromatic nitrogens is 2. The van der Waals surface area contributed by atoms with Crippen molar-refractivity contribution in [3.05, 3.63) is 101 Å². The summed E-state index contributed by atoms with van der Waals surface area (Å²) in [5, 5.41) is 4.87. The molecule has 0 saturated heterocycles. The summed E-state index contributed by atoms with van der Waals surface area (Å²) < 4.78 is 15.0. The van der Waals surface area contributed by atoms with Gasteiger partial charge >= 0.3 is 0 Å². The Kier molecular flexibility index (Phi) is 6.15. The van der Waals surface area contributed by atoms with E-state index in [0.717, 1.165) is 16.8 Å². The van der Waals surface area contributed by atoms with E-state index in [0.29, 0.717) is 47.6 Å². The predicted molar refractivity (Wildman–Crippen MR) is 142 cm³/mol. The molecule has 1 amide bonds. The molecule has 0 radical (unpaired) electrons. The van der Waals surface area contributed by atoms with Crippen molar-refractivity contribution in [1.29, 1.82) is 0 Å². The normalized spacial score (nSPS) is 14.3. The molecule has 0 atom stereocenters. The van der Waals surface area contributed by atoms with E-state index < -0.39 is 0 Å². The lowest BCUT2D eigenvalue weighted by Gasteiger charge is -2.29. The van der Waals surface area contributed by atoms with Crippen LogP contribution in [0.15, 0.2) is 72.8 Å². The molecular weight excluding hydrogens is 467 g/mol. The van der Waals surface area contributed by atoms with Crippen LogP contribution in [-0.2, 0) is 13.0 Å². The molecule has 0 bridgehead atoms. The second kappa shape index (κ2) is 9.32. The largest absolute Gasteiger partial charge is 0.397 e. The molecule has 7 heteroatoms. The number of hydrogen-bond donors (Lipinski definition) is 1. The molecule has 1 aliphatic rings. The Labute approximate surface area is 215 Å². The van der Waals surface area contributed by atoms with Crippen LogP contribution in [0.2, 0.25) is 0 Å². The van der Waals surface area contributed by atoms with E-state index in [-0.39, 0.29) is 22.9 Å². The Morgan fingerprint density at radius 3 is 2.43 bits per heavy atom. The van der Waals surface area contributed by atoms with E-state index in [1.807, 2.05) is 30.3 Å². The lowest BCUT2D eigenvalue weighted by atomic mass is 9.75. The van der Waals surface area contributed by atoms with Gasteiger partial charge in [-0.3, -0.25) is 9.59 Å². The Morgan fingerprint density at radius 1 is 1.05 bits per heavy atom. The molecule has 5 rings (SSSR count). The van der Waals surface area contributed by atoms with Gasteiger partial charge in [0.15, 0.2) is 5.78 Å². The summed E-state index contributed by atoms with van der Waals surface area (Å²) in [4.78, 5) is 27.9.